The highest BCUT2D eigenvalue weighted by Gasteiger charge is 2.15. The maximum Gasteiger partial charge on any atom is 0.251 e. The summed E-state index contributed by atoms with van der Waals surface area (Å²) in [6.07, 6.45) is 0.403. The van der Waals surface area contributed by atoms with E-state index >= 15 is 0 Å². The number of hydrogen-bond acceptors (Lipinski definition) is 4. The van der Waals surface area contributed by atoms with E-state index in [0.717, 1.165) is 12.1 Å². The standard InChI is InChI=1S/C14H16F2N4O2S/c1-7(2)20-11(18-19-14(20)23)3-4-17-13(22)8-5-9(15)12(21)10(16)6-8/h5-7,21H,3-4H2,1-2H3,(H,17,22)(H,19,23). The molecule has 2 aromatic rings. The zero-order chi connectivity index (χ0) is 17.1. The largest absolute Gasteiger partial charge is 0.503 e. The Morgan fingerprint density at radius 3 is 2.61 bits per heavy atom. The second-order valence-electron chi connectivity index (χ2n) is 5.20. The first kappa shape index (κ1) is 17.1. The molecule has 0 aliphatic rings. The van der Waals surface area contributed by atoms with Gasteiger partial charge in [-0.25, -0.2) is 8.78 Å². The number of nitrogens with zero attached hydrogens (tertiary/aromatic N) is 2. The molecule has 0 aliphatic carbocycles. The van der Waals surface area contributed by atoms with E-state index in [1.165, 1.54) is 0 Å². The lowest BCUT2D eigenvalue weighted by Gasteiger charge is -2.11. The van der Waals surface area contributed by atoms with Crippen molar-refractivity contribution in [3.8, 4) is 5.75 Å². The van der Waals surface area contributed by atoms with Crippen molar-refractivity contribution in [1.82, 2.24) is 20.1 Å². The Kier molecular flexibility index (Phi) is 5.09. The minimum Gasteiger partial charge on any atom is -0.503 e. The third-order valence-corrected chi connectivity index (χ3v) is 3.50. The van der Waals surface area contributed by atoms with E-state index in [2.05, 4.69) is 15.5 Å². The predicted molar refractivity (Wildman–Crippen MR) is 81.9 cm³/mol. The number of amides is 1. The van der Waals surface area contributed by atoms with Crippen LogP contribution in [0.5, 0.6) is 5.75 Å². The van der Waals surface area contributed by atoms with E-state index in [1.807, 2.05) is 18.4 Å². The molecule has 3 N–H and O–H groups in total. The van der Waals surface area contributed by atoms with Crippen molar-refractivity contribution in [2.24, 2.45) is 0 Å². The molecule has 1 amide bonds. The number of aromatic nitrogens is 3. The van der Waals surface area contributed by atoms with E-state index in [-0.39, 0.29) is 18.2 Å². The van der Waals surface area contributed by atoms with Crippen LogP contribution in [0.2, 0.25) is 0 Å². The number of carbonyl (C=O) groups is 1. The fourth-order valence-electron chi connectivity index (χ4n) is 2.13. The van der Waals surface area contributed by atoms with Gasteiger partial charge in [-0.15, -0.1) is 0 Å². The number of hydrogen-bond donors (Lipinski definition) is 3. The Morgan fingerprint density at radius 1 is 1.43 bits per heavy atom. The summed E-state index contributed by atoms with van der Waals surface area (Å²) in [7, 11) is 0. The molecule has 2 rings (SSSR count). The Bertz CT molecular complexity index is 762. The van der Waals surface area contributed by atoms with E-state index in [0.29, 0.717) is 17.0 Å². The number of aromatic hydroxyl groups is 1. The summed E-state index contributed by atoms with van der Waals surface area (Å²) in [5.41, 5.74) is -0.208. The van der Waals surface area contributed by atoms with Crippen LogP contribution in [0.1, 0.15) is 36.1 Å². The number of rotatable bonds is 5. The monoisotopic (exact) mass is 342 g/mol. The average Bonchev–Trinajstić information content (AvgIpc) is 2.85. The van der Waals surface area contributed by atoms with Crippen molar-refractivity contribution in [1.29, 1.82) is 0 Å². The number of nitrogens with one attached hydrogen (secondary N) is 2. The van der Waals surface area contributed by atoms with E-state index in [9.17, 15) is 13.6 Å². The van der Waals surface area contributed by atoms with Crippen LogP contribution in [0.25, 0.3) is 0 Å². The summed E-state index contributed by atoms with van der Waals surface area (Å²) < 4.78 is 28.8. The molecule has 0 radical (unpaired) electrons. The van der Waals surface area contributed by atoms with Gasteiger partial charge >= 0.3 is 0 Å². The van der Waals surface area contributed by atoms with Gasteiger partial charge in [0.15, 0.2) is 22.2 Å². The number of benzene rings is 1. The van der Waals surface area contributed by atoms with Crippen molar-refractivity contribution in [3.05, 3.63) is 39.9 Å². The molecule has 0 atom stereocenters. The third kappa shape index (κ3) is 3.73. The smallest absolute Gasteiger partial charge is 0.251 e. The van der Waals surface area contributed by atoms with Gasteiger partial charge in [0.1, 0.15) is 5.82 Å². The lowest BCUT2D eigenvalue weighted by molar-refractivity contribution is 0.0953. The van der Waals surface area contributed by atoms with Gasteiger partial charge in [-0.2, -0.15) is 5.10 Å². The van der Waals surface area contributed by atoms with E-state index in [4.69, 9.17) is 17.3 Å². The van der Waals surface area contributed by atoms with Gasteiger partial charge < -0.3 is 15.0 Å². The van der Waals surface area contributed by atoms with Gasteiger partial charge in [-0.1, -0.05) is 0 Å². The molecule has 124 valence electrons. The molecule has 6 nitrogen and oxygen atoms in total. The molecule has 0 saturated carbocycles. The lowest BCUT2D eigenvalue weighted by atomic mass is 10.2. The van der Waals surface area contributed by atoms with Gasteiger partial charge in [-0.3, -0.25) is 9.89 Å². The topological polar surface area (TPSA) is 82.9 Å². The fourth-order valence-corrected chi connectivity index (χ4v) is 2.49. The highest BCUT2D eigenvalue weighted by atomic mass is 32.1. The van der Waals surface area contributed by atoms with Crippen molar-refractivity contribution >= 4 is 18.1 Å². The number of aromatic amines is 1. The van der Waals surface area contributed by atoms with Crippen LogP contribution in [0.15, 0.2) is 12.1 Å². The number of phenolic OH excluding ortho intramolecular Hbond substituents is 1. The average molecular weight is 342 g/mol. The van der Waals surface area contributed by atoms with Crippen LogP contribution in [0, 0.1) is 16.4 Å². The van der Waals surface area contributed by atoms with Crippen LogP contribution in [0.4, 0.5) is 8.78 Å². The minimum atomic E-state index is -1.18. The summed E-state index contributed by atoms with van der Waals surface area (Å²) in [4.78, 5) is 11.9. The number of carbonyl (C=O) groups excluding carboxylic acids is 1. The van der Waals surface area contributed by atoms with Crippen molar-refractivity contribution in [2.45, 2.75) is 26.3 Å². The number of halogens is 2. The van der Waals surface area contributed by atoms with Gasteiger partial charge in [0.05, 0.1) is 0 Å². The molecular weight excluding hydrogens is 326 g/mol. The maximum absolute atomic E-state index is 13.2. The highest BCUT2D eigenvalue weighted by Crippen LogP contribution is 2.21. The van der Waals surface area contributed by atoms with Gasteiger partial charge in [0.2, 0.25) is 0 Å². The summed E-state index contributed by atoms with van der Waals surface area (Å²) in [6.45, 7) is 4.13. The quantitative estimate of drug-likeness (QED) is 0.729. The van der Waals surface area contributed by atoms with Crippen LogP contribution in [-0.2, 0) is 6.42 Å². The van der Waals surface area contributed by atoms with Crippen LogP contribution < -0.4 is 5.32 Å². The first-order valence-corrected chi connectivity index (χ1v) is 7.34. The Balaban J connectivity index is 2.02. The number of phenols is 1. The third-order valence-electron chi connectivity index (χ3n) is 3.21. The Morgan fingerprint density at radius 2 is 2.04 bits per heavy atom. The van der Waals surface area contributed by atoms with Crippen LogP contribution in [0.3, 0.4) is 0 Å². The van der Waals surface area contributed by atoms with Crippen molar-refractivity contribution in [2.75, 3.05) is 6.54 Å². The molecule has 1 aromatic carbocycles. The molecule has 0 saturated heterocycles. The Labute approximate surface area is 136 Å². The minimum absolute atomic E-state index is 0.118. The molecule has 1 heterocycles. The molecule has 1 aromatic heterocycles. The second kappa shape index (κ2) is 6.86. The molecule has 23 heavy (non-hydrogen) atoms. The predicted octanol–water partition coefficient (Wildman–Crippen LogP) is 2.48. The maximum atomic E-state index is 13.2. The zero-order valence-electron chi connectivity index (χ0n) is 12.6. The number of H-pyrrole nitrogens is 1. The fraction of sp³-hybridized carbons (Fsp3) is 0.357. The van der Waals surface area contributed by atoms with Crippen molar-refractivity contribution in [3.63, 3.8) is 0 Å². The summed E-state index contributed by atoms with van der Waals surface area (Å²) in [5.74, 6) is -3.44. The molecular formula is C14H16F2N4O2S. The molecule has 9 heteroatoms. The lowest BCUT2D eigenvalue weighted by Crippen LogP contribution is -2.27. The second-order valence-corrected chi connectivity index (χ2v) is 5.59. The summed E-state index contributed by atoms with van der Waals surface area (Å²) in [5, 5.41) is 18.3. The normalized spacial score (nSPS) is 11.0. The van der Waals surface area contributed by atoms with Crippen LogP contribution >= 0.6 is 12.2 Å². The Hall–Kier alpha value is -2.29. The summed E-state index contributed by atoms with van der Waals surface area (Å²) >= 11 is 5.12. The highest BCUT2D eigenvalue weighted by molar-refractivity contribution is 7.71. The van der Waals surface area contributed by atoms with Crippen LogP contribution in [-0.4, -0.2) is 32.3 Å². The van der Waals surface area contributed by atoms with Gasteiger partial charge in [-0.05, 0) is 38.2 Å². The van der Waals surface area contributed by atoms with E-state index < -0.39 is 23.3 Å². The van der Waals surface area contributed by atoms with Gasteiger partial charge in [0, 0.05) is 24.6 Å². The van der Waals surface area contributed by atoms with Gasteiger partial charge in [0.25, 0.3) is 5.91 Å². The zero-order valence-corrected chi connectivity index (χ0v) is 13.4. The molecule has 0 unspecified atom stereocenters. The van der Waals surface area contributed by atoms with Crippen molar-refractivity contribution < 1.29 is 18.7 Å². The molecule has 0 fully saturated rings. The molecule has 0 bridgehead atoms. The SMILES string of the molecule is CC(C)n1c(CCNC(=O)c2cc(F)c(O)c(F)c2)n[nH]c1=S. The first-order chi connectivity index (χ1) is 10.8. The van der Waals surface area contributed by atoms with E-state index in [1.54, 1.807) is 0 Å². The summed E-state index contributed by atoms with van der Waals surface area (Å²) in [6, 6.07) is 1.67. The molecule has 0 aliphatic heterocycles. The molecule has 0 spiro atoms. The first-order valence-electron chi connectivity index (χ1n) is 6.93.